The summed E-state index contributed by atoms with van der Waals surface area (Å²) in [5.41, 5.74) is 0. The molecule has 1 saturated heterocycles. The maximum atomic E-state index is 5.84. The smallest absolute Gasteiger partial charge is 0.209 e. The van der Waals surface area contributed by atoms with Gasteiger partial charge in [-0.3, -0.25) is 0 Å². The van der Waals surface area contributed by atoms with E-state index in [4.69, 9.17) is 4.74 Å². The van der Waals surface area contributed by atoms with Gasteiger partial charge in [0.15, 0.2) is 3.92 Å². The summed E-state index contributed by atoms with van der Waals surface area (Å²) < 4.78 is 6.71. The van der Waals surface area contributed by atoms with Crippen LogP contribution in [0.5, 0.6) is 0 Å². The van der Waals surface area contributed by atoms with Gasteiger partial charge in [0.1, 0.15) is 0 Å². The number of halogens is 1. The molecule has 0 radical (unpaired) electrons. The lowest BCUT2D eigenvalue weighted by Crippen LogP contribution is -2.52. The van der Waals surface area contributed by atoms with Crippen LogP contribution in [0.3, 0.4) is 0 Å². The highest BCUT2D eigenvalue weighted by molar-refractivity contribution is 9.11. The van der Waals surface area contributed by atoms with Gasteiger partial charge >= 0.3 is 0 Å². The Morgan fingerprint density at radius 2 is 2.19 bits per heavy atom. The Bertz CT molecular complexity index is 371. The molecule has 6 heteroatoms. The third-order valence-corrected chi connectivity index (χ3v) is 4.76. The van der Waals surface area contributed by atoms with Crippen molar-refractivity contribution in [2.45, 2.75) is 37.8 Å². The number of anilines is 1. The number of hydrogen-bond donors (Lipinski definition) is 0. The van der Waals surface area contributed by atoms with Crippen LogP contribution < -0.4 is 4.90 Å². The lowest BCUT2D eigenvalue weighted by Gasteiger charge is -2.43. The molecule has 0 N–H and O–H groups in total. The third-order valence-electron chi connectivity index (χ3n) is 3.37. The van der Waals surface area contributed by atoms with E-state index >= 15 is 0 Å². The Balaban J connectivity index is 1.82. The molecule has 1 aromatic rings. The van der Waals surface area contributed by atoms with E-state index < -0.39 is 0 Å². The summed E-state index contributed by atoms with van der Waals surface area (Å²) in [5, 5.41) is 9.29. The van der Waals surface area contributed by atoms with Gasteiger partial charge < -0.3 is 9.64 Å². The molecule has 0 amide bonds. The maximum absolute atomic E-state index is 5.84. The lowest BCUT2D eigenvalue weighted by atomic mass is 9.90. The average Bonchev–Trinajstić information content (AvgIpc) is 2.75. The van der Waals surface area contributed by atoms with Crippen molar-refractivity contribution in [3.05, 3.63) is 3.92 Å². The molecule has 0 bridgehead atoms. The van der Waals surface area contributed by atoms with E-state index in [9.17, 15) is 0 Å². The molecule has 4 nitrogen and oxygen atoms in total. The van der Waals surface area contributed by atoms with Crippen LogP contribution in [0.4, 0.5) is 5.13 Å². The Labute approximate surface area is 107 Å². The molecule has 2 fully saturated rings. The molecule has 1 aliphatic carbocycles. The van der Waals surface area contributed by atoms with Crippen molar-refractivity contribution in [3.8, 4) is 0 Å². The third kappa shape index (κ3) is 1.98. The first-order valence-electron chi connectivity index (χ1n) is 5.72. The van der Waals surface area contributed by atoms with Gasteiger partial charge in [-0.15, -0.1) is 10.2 Å². The number of ether oxygens (including phenoxy) is 1. The molecule has 3 rings (SSSR count). The van der Waals surface area contributed by atoms with Crippen LogP contribution in [0.25, 0.3) is 0 Å². The first-order chi connectivity index (χ1) is 7.84. The van der Waals surface area contributed by atoms with Gasteiger partial charge in [-0.2, -0.15) is 0 Å². The molecule has 2 heterocycles. The van der Waals surface area contributed by atoms with Crippen LogP contribution in [0, 0.1) is 0 Å². The van der Waals surface area contributed by atoms with Crippen molar-refractivity contribution in [1.29, 1.82) is 0 Å². The van der Waals surface area contributed by atoms with Gasteiger partial charge in [0, 0.05) is 6.54 Å². The van der Waals surface area contributed by atoms with E-state index in [1.54, 1.807) is 11.3 Å². The summed E-state index contributed by atoms with van der Waals surface area (Å²) in [4.78, 5) is 2.38. The first kappa shape index (κ1) is 10.9. The molecule has 0 aromatic carbocycles. The highest BCUT2D eigenvalue weighted by Gasteiger charge is 2.35. The summed E-state index contributed by atoms with van der Waals surface area (Å²) in [6.07, 6.45) is 5.43. The fraction of sp³-hybridized carbons (Fsp3) is 0.800. The van der Waals surface area contributed by atoms with Crippen molar-refractivity contribution in [3.63, 3.8) is 0 Å². The molecule has 2 aliphatic rings. The highest BCUT2D eigenvalue weighted by atomic mass is 79.9. The second-order valence-electron chi connectivity index (χ2n) is 4.29. The summed E-state index contributed by atoms with van der Waals surface area (Å²) in [6, 6.07) is 0.516. The number of nitrogens with zero attached hydrogens (tertiary/aromatic N) is 3. The van der Waals surface area contributed by atoms with Gasteiger partial charge in [-0.05, 0) is 28.8 Å². The molecule has 1 aromatic heterocycles. The van der Waals surface area contributed by atoms with Crippen LogP contribution in [0.15, 0.2) is 3.92 Å². The zero-order chi connectivity index (χ0) is 11.0. The van der Waals surface area contributed by atoms with E-state index in [0.29, 0.717) is 12.1 Å². The minimum Gasteiger partial charge on any atom is -0.374 e. The summed E-state index contributed by atoms with van der Waals surface area (Å²) in [5.74, 6) is 0. The fourth-order valence-corrected chi connectivity index (χ4v) is 3.82. The molecule has 2 atom stereocenters. The van der Waals surface area contributed by atoms with Gasteiger partial charge in [-0.25, -0.2) is 0 Å². The van der Waals surface area contributed by atoms with Crippen LogP contribution >= 0.6 is 27.3 Å². The Morgan fingerprint density at radius 1 is 1.31 bits per heavy atom. The number of aromatic nitrogens is 2. The predicted octanol–water partition coefficient (Wildman–Crippen LogP) is 2.45. The summed E-state index contributed by atoms with van der Waals surface area (Å²) >= 11 is 4.99. The van der Waals surface area contributed by atoms with Crippen molar-refractivity contribution in [2.75, 3.05) is 18.1 Å². The predicted molar refractivity (Wildman–Crippen MR) is 67.0 cm³/mol. The number of hydrogen-bond acceptors (Lipinski definition) is 5. The second-order valence-corrected chi connectivity index (χ2v) is 6.52. The normalized spacial score (nSPS) is 30.2. The summed E-state index contributed by atoms with van der Waals surface area (Å²) in [6.45, 7) is 1.77. The van der Waals surface area contributed by atoms with Crippen molar-refractivity contribution >= 4 is 32.4 Å². The molecule has 2 unspecified atom stereocenters. The highest BCUT2D eigenvalue weighted by Crippen LogP contribution is 2.34. The second kappa shape index (κ2) is 4.58. The van der Waals surface area contributed by atoms with Gasteiger partial charge in [0.05, 0.1) is 18.8 Å². The van der Waals surface area contributed by atoms with Crippen LogP contribution in [-0.4, -0.2) is 35.5 Å². The molecule has 16 heavy (non-hydrogen) atoms. The SMILES string of the molecule is Brc1nnc(N2CCOC3CCCCC32)s1. The Hall–Kier alpha value is -0.200. The number of fused-ring (bicyclic) bond motifs is 1. The van der Waals surface area contributed by atoms with E-state index in [0.717, 1.165) is 22.2 Å². The van der Waals surface area contributed by atoms with Crippen molar-refractivity contribution < 1.29 is 4.74 Å². The standard InChI is InChI=1S/C10H14BrN3OS/c11-9-12-13-10(16-9)14-5-6-15-8-4-2-1-3-7(8)14/h7-8H,1-6H2. The van der Waals surface area contributed by atoms with E-state index in [1.807, 2.05) is 0 Å². The topological polar surface area (TPSA) is 38.2 Å². The average molecular weight is 304 g/mol. The Morgan fingerprint density at radius 3 is 3.00 bits per heavy atom. The van der Waals surface area contributed by atoms with E-state index in [2.05, 4.69) is 31.0 Å². The number of morpholine rings is 1. The molecule has 1 saturated carbocycles. The van der Waals surface area contributed by atoms with Crippen LogP contribution in [-0.2, 0) is 4.74 Å². The van der Waals surface area contributed by atoms with Crippen molar-refractivity contribution in [1.82, 2.24) is 10.2 Å². The maximum Gasteiger partial charge on any atom is 0.209 e. The molecular formula is C10H14BrN3OS. The fourth-order valence-electron chi connectivity index (χ4n) is 2.65. The molecular weight excluding hydrogens is 290 g/mol. The van der Waals surface area contributed by atoms with E-state index in [1.165, 1.54) is 25.7 Å². The quantitative estimate of drug-likeness (QED) is 0.799. The molecule has 88 valence electrons. The van der Waals surface area contributed by atoms with Gasteiger partial charge in [0.2, 0.25) is 5.13 Å². The minimum absolute atomic E-state index is 0.408. The molecule has 1 aliphatic heterocycles. The summed E-state index contributed by atoms with van der Waals surface area (Å²) in [7, 11) is 0. The van der Waals surface area contributed by atoms with E-state index in [-0.39, 0.29) is 0 Å². The van der Waals surface area contributed by atoms with Crippen LogP contribution in [0.2, 0.25) is 0 Å². The lowest BCUT2D eigenvalue weighted by molar-refractivity contribution is -0.00873. The van der Waals surface area contributed by atoms with Crippen LogP contribution in [0.1, 0.15) is 25.7 Å². The minimum atomic E-state index is 0.408. The zero-order valence-electron chi connectivity index (χ0n) is 8.93. The first-order valence-corrected chi connectivity index (χ1v) is 7.33. The van der Waals surface area contributed by atoms with Crippen molar-refractivity contribution in [2.24, 2.45) is 0 Å². The number of rotatable bonds is 1. The largest absolute Gasteiger partial charge is 0.374 e. The zero-order valence-corrected chi connectivity index (χ0v) is 11.3. The monoisotopic (exact) mass is 303 g/mol. The molecule has 0 spiro atoms. The van der Waals surface area contributed by atoms with Gasteiger partial charge in [-0.1, -0.05) is 24.2 Å². The Kier molecular flexibility index (Phi) is 3.13. The van der Waals surface area contributed by atoms with Gasteiger partial charge in [0.25, 0.3) is 0 Å².